The summed E-state index contributed by atoms with van der Waals surface area (Å²) in [4.78, 5) is 11.6. The van der Waals surface area contributed by atoms with Crippen LogP contribution in [0.1, 0.15) is 30.2 Å². The number of hydrogen-bond acceptors (Lipinski definition) is 6. The quantitative estimate of drug-likeness (QED) is 0.415. The van der Waals surface area contributed by atoms with Gasteiger partial charge in [-0.05, 0) is 23.3 Å². The monoisotopic (exact) mass is 452 g/mol. The van der Waals surface area contributed by atoms with Crippen molar-refractivity contribution >= 4 is 0 Å². The molecule has 0 bridgehead atoms. The van der Waals surface area contributed by atoms with Gasteiger partial charge in [0.05, 0.1) is 45.4 Å². The summed E-state index contributed by atoms with van der Waals surface area (Å²) in [6.07, 6.45) is 1.03. The first-order valence-corrected chi connectivity index (χ1v) is 11.2. The molecule has 0 fully saturated rings. The zero-order chi connectivity index (χ0) is 23.5. The number of ether oxygens (including phenoxy) is 3. The molecule has 0 aliphatic carbocycles. The largest absolute Gasteiger partial charge is 0.497 e. The Hall–Kier alpha value is -2.93. The molecule has 3 rings (SSSR count). The second-order valence-corrected chi connectivity index (χ2v) is 8.20. The normalized spacial score (nSPS) is 13.9. The van der Waals surface area contributed by atoms with Gasteiger partial charge in [-0.25, -0.2) is 0 Å². The first-order valence-electron chi connectivity index (χ1n) is 11.2. The van der Waals surface area contributed by atoms with Crippen LogP contribution in [0.4, 0.5) is 0 Å². The Balaban J connectivity index is 1.59. The molecule has 6 heteroatoms. The van der Waals surface area contributed by atoms with E-state index in [4.69, 9.17) is 18.6 Å². The molecule has 1 aromatic heterocycles. The molecular formula is C27H32O6. The number of rotatable bonds is 13. The fourth-order valence-electron chi connectivity index (χ4n) is 3.55. The SMILES string of the molecule is COc1ccc(CO[C@H](CC(O)Cc2cc(=O)cco2)[C@@H](C)COCc2ccccc2)cc1. The van der Waals surface area contributed by atoms with E-state index in [0.29, 0.717) is 32.0 Å². The van der Waals surface area contributed by atoms with E-state index in [2.05, 4.69) is 6.92 Å². The van der Waals surface area contributed by atoms with Crippen LogP contribution >= 0.6 is 0 Å². The fourth-order valence-corrected chi connectivity index (χ4v) is 3.55. The minimum atomic E-state index is -0.715. The Morgan fingerprint density at radius 2 is 1.70 bits per heavy atom. The van der Waals surface area contributed by atoms with Crippen molar-refractivity contribution in [3.63, 3.8) is 0 Å². The molecule has 2 aromatic carbocycles. The summed E-state index contributed by atoms with van der Waals surface area (Å²) < 4.78 is 22.7. The molecule has 0 radical (unpaired) electrons. The van der Waals surface area contributed by atoms with E-state index in [0.717, 1.165) is 16.9 Å². The van der Waals surface area contributed by atoms with Gasteiger partial charge in [0.1, 0.15) is 11.5 Å². The van der Waals surface area contributed by atoms with Gasteiger partial charge in [-0.2, -0.15) is 0 Å². The van der Waals surface area contributed by atoms with Gasteiger partial charge in [-0.3, -0.25) is 4.79 Å². The zero-order valence-corrected chi connectivity index (χ0v) is 19.2. The average Bonchev–Trinajstić information content (AvgIpc) is 2.82. The standard InChI is InChI=1S/C27H32O6/c1-20(17-31-18-21-6-4-3-5-7-21)27(33-19-22-8-10-25(30-2)11-9-22)16-24(29)15-26-14-23(28)12-13-32-26/h3-14,20,24,27,29H,15-19H2,1-2H3/t20-,24?,27+/m0/s1. The van der Waals surface area contributed by atoms with E-state index < -0.39 is 6.10 Å². The lowest BCUT2D eigenvalue weighted by Crippen LogP contribution is -2.31. The Bertz CT molecular complexity index is 999. The molecule has 1 heterocycles. The van der Waals surface area contributed by atoms with Crippen molar-refractivity contribution in [3.05, 3.63) is 100 Å². The smallest absolute Gasteiger partial charge is 0.185 e. The third kappa shape index (κ3) is 8.50. The summed E-state index contributed by atoms with van der Waals surface area (Å²) in [6, 6.07) is 20.5. The lowest BCUT2D eigenvalue weighted by Gasteiger charge is -2.26. The minimum absolute atomic E-state index is 0.0457. The predicted molar refractivity (Wildman–Crippen MR) is 126 cm³/mol. The number of hydrogen-bond donors (Lipinski definition) is 1. The summed E-state index contributed by atoms with van der Waals surface area (Å²) in [5.74, 6) is 1.29. The van der Waals surface area contributed by atoms with E-state index in [9.17, 15) is 9.90 Å². The first-order chi connectivity index (χ1) is 16.0. The third-order valence-electron chi connectivity index (χ3n) is 5.45. The molecule has 0 saturated carbocycles. The van der Waals surface area contributed by atoms with Crippen molar-refractivity contribution < 1.29 is 23.7 Å². The highest BCUT2D eigenvalue weighted by Gasteiger charge is 2.23. The zero-order valence-electron chi connectivity index (χ0n) is 19.2. The molecule has 33 heavy (non-hydrogen) atoms. The fraction of sp³-hybridized carbons (Fsp3) is 0.370. The Morgan fingerprint density at radius 1 is 0.970 bits per heavy atom. The number of aliphatic hydroxyl groups excluding tert-OH is 1. The van der Waals surface area contributed by atoms with E-state index in [1.807, 2.05) is 54.6 Å². The van der Waals surface area contributed by atoms with Crippen LogP contribution in [-0.4, -0.2) is 31.0 Å². The number of aliphatic hydroxyl groups is 1. The maximum absolute atomic E-state index is 11.6. The van der Waals surface area contributed by atoms with Crippen LogP contribution in [0, 0.1) is 5.92 Å². The topological polar surface area (TPSA) is 78.1 Å². The maximum atomic E-state index is 11.6. The molecule has 0 spiro atoms. The Morgan fingerprint density at radius 3 is 2.39 bits per heavy atom. The van der Waals surface area contributed by atoms with Crippen molar-refractivity contribution in [2.75, 3.05) is 13.7 Å². The van der Waals surface area contributed by atoms with Crippen LogP contribution in [0.3, 0.4) is 0 Å². The van der Waals surface area contributed by atoms with Gasteiger partial charge in [-0.1, -0.05) is 49.4 Å². The van der Waals surface area contributed by atoms with E-state index in [1.54, 1.807) is 7.11 Å². The highest BCUT2D eigenvalue weighted by molar-refractivity contribution is 5.26. The van der Waals surface area contributed by atoms with Gasteiger partial charge in [0.2, 0.25) is 0 Å². The lowest BCUT2D eigenvalue weighted by atomic mass is 9.97. The van der Waals surface area contributed by atoms with E-state index in [1.165, 1.54) is 18.4 Å². The second kappa shape index (κ2) is 12.9. The van der Waals surface area contributed by atoms with Gasteiger partial charge in [0.15, 0.2) is 5.43 Å². The molecule has 0 saturated heterocycles. The average molecular weight is 453 g/mol. The highest BCUT2D eigenvalue weighted by atomic mass is 16.5. The van der Waals surface area contributed by atoms with E-state index in [-0.39, 0.29) is 23.9 Å². The molecule has 1 N–H and O–H groups in total. The van der Waals surface area contributed by atoms with Crippen LogP contribution in [0.5, 0.6) is 5.75 Å². The van der Waals surface area contributed by atoms with Crippen molar-refractivity contribution in [1.29, 1.82) is 0 Å². The van der Waals surface area contributed by atoms with Crippen molar-refractivity contribution in [3.8, 4) is 5.75 Å². The minimum Gasteiger partial charge on any atom is -0.497 e. The van der Waals surface area contributed by atoms with Crippen LogP contribution in [-0.2, 0) is 29.1 Å². The molecule has 176 valence electrons. The van der Waals surface area contributed by atoms with Crippen LogP contribution in [0.25, 0.3) is 0 Å². The van der Waals surface area contributed by atoms with Crippen LogP contribution in [0.2, 0.25) is 0 Å². The molecule has 0 aliphatic rings. The molecule has 3 atom stereocenters. The Kier molecular flexibility index (Phi) is 9.69. The molecule has 1 unspecified atom stereocenters. The molecule has 0 aliphatic heterocycles. The summed E-state index contributed by atoms with van der Waals surface area (Å²) in [5, 5.41) is 10.7. The predicted octanol–water partition coefficient (Wildman–Crippen LogP) is 4.38. The second-order valence-electron chi connectivity index (χ2n) is 8.20. The first kappa shape index (κ1) is 24.7. The molecule has 6 nitrogen and oxygen atoms in total. The summed E-state index contributed by atoms with van der Waals surface area (Å²) in [6.45, 7) is 3.48. The number of methoxy groups -OCH3 is 1. The van der Waals surface area contributed by atoms with Gasteiger partial charge < -0.3 is 23.7 Å². The Labute approximate surface area is 194 Å². The third-order valence-corrected chi connectivity index (χ3v) is 5.45. The summed E-state index contributed by atoms with van der Waals surface area (Å²) in [5.41, 5.74) is 1.99. The lowest BCUT2D eigenvalue weighted by molar-refractivity contribution is -0.0506. The van der Waals surface area contributed by atoms with Gasteiger partial charge in [0, 0.05) is 30.9 Å². The van der Waals surface area contributed by atoms with Crippen LogP contribution in [0.15, 0.2) is 82.2 Å². The maximum Gasteiger partial charge on any atom is 0.185 e. The van der Waals surface area contributed by atoms with Gasteiger partial charge in [0.25, 0.3) is 0 Å². The molecular weight excluding hydrogens is 420 g/mol. The highest BCUT2D eigenvalue weighted by Crippen LogP contribution is 2.20. The van der Waals surface area contributed by atoms with Crippen molar-refractivity contribution in [2.24, 2.45) is 5.92 Å². The molecule has 3 aromatic rings. The van der Waals surface area contributed by atoms with Gasteiger partial charge in [-0.15, -0.1) is 0 Å². The van der Waals surface area contributed by atoms with Crippen molar-refractivity contribution in [1.82, 2.24) is 0 Å². The van der Waals surface area contributed by atoms with Gasteiger partial charge >= 0.3 is 0 Å². The summed E-state index contributed by atoms with van der Waals surface area (Å²) >= 11 is 0. The number of benzene rings is 2. The molecule has 0 amide bonds. The van der Waals surface area contributed by atoms with Crippen LogP contribution < -0.4 is 10.2 Å². The van der Waals surface area contributed by atoms with E-state index >= 15 is 0 Å². The summed E-state index contributed by atoms with van der Waals surface area (Å²) in [7, 11) is 1.63. The van der Waals surface area contributed by atoms with Crippen molar-refractivity contribution in [2.45, 2.75) is 45.2 Å².